The van der Waals surface area contributed by atoms with Crippen molar-refractivity contribution in [2.45, 2.75) is 0 Å². The van der Waals surface area contributed by atoms with E-state index >= 15 is 0 Å². The van der Waals surface area contributed by atoms with Gasteiger partial charge in [0, 0.05) is 0 Å². The van der Waals surface area contributed by atoms with Crippen LogP contribution in [-0.2, 0) is 4.79 Å². The van der Waals surface area contributed by atoms with Crippen LogP contribution < -0.4 is 15.4 Å². The minimum atomic E-state index is -0.449. The highest BCUT2D eigenvalue weighted by Gasteiger charge is 2.07. The van der Waals surface area contributed by atoms with Crippen LogP contribution in [0.4, 0.5) is 10.1 Å². The van der Waals surface area contributed by atoms with Crippen molar-refractivity contribution in [1.29, 1.82) is 0 Å². The van der Waals surface area contributed by atoms with Crippen LogP contribution in [0.3, 0.4) is 0 Å². The van der Waals surface area contributed by atoms with E-state index in [4.69, 9.17) is 17.0 Å². The molecule has 0 spiro atoms. The second kappa shape index (κ2) is 7.35. The Morgan fingerprint density at radius 3 is 2.48 bits per heavy atom. The number of ether oxygens (including phenoxy) is 1. The standard InChI is InChI=1S/C15H13FN2O2S/c16-12-8-4-5-9-13(12)17-15(21)18-14(19)10-20-11-6-2-1-3-7-11/h1-9H,10H2,(H2,17,18,19,21). The second-order valence-corrected chi connectivity index (χ2v) is 4.49. The molecule has 0 unspecified atom stereocenters. The molecule has 2 rings (SSSR count). The molecule has 2 N–H and O–H groups in total. The van der Waals surface area contributed by atoms with Gasteiger partial charge in [-0.15, -0.1) is 0 Å². The van der Waals surface area contributed by atoms with Crippen molar-refractivity contribution < 1.29 is 13.9 Å². The van der Waals surface area contributed by atoms with Crippen LogP contribution in [-0.4, -0.2) is 17.6 Å². The largest absolute Gasteiger partial charge is 0.484 e. The molecule has 0 aliphatic carbocycles. The minimum absolute atomic E-state index is 0.0155. The molecule has 0 aromatic heterocycles. The molecular formula is C15H13FN2O2S. The van der Waals surface area contributed by atoms with Gasteiger partial charge in [-0.1, -0.05) is 30.3 Å². The van der Waals surface area contributed by atoms with E-state index < -0.39 is 11.7 Å². The summed E-state index contributed by atoms with van der Waals surface area (Å²) in [7, 11) is 0. The highest BCUT2D eigenvalue weighted by Crippen LogP contribution is 2.12. The highest BCUT2D eigenvalue weighted by atomic mass is 32.1. The SMILES string of the molecule is O=C(COc1ccccc1)NC(=S)Nc1ccccc1F. The lowest BCUT2D eigenvalue weighted by atomic mass is 10.3. The summed E-state index contributed by atoms with van der Waals surface area (Å²) in [6, 6.07) is 15.0. The monoisotopic (exact) mass is 304 g/mol. The maximum absolute atomic E-state index is 13.4. The molecular weight excluding hydrogens is 291 g/mol. The van der Waals surface area contributed by atoms with Crippen LogP contribution in [0, 0.1) is 5.82 Å². The normalized spacial score (nSPS) is 9.76. The summed E-state index contributed by atoms with van der Waals surface area (Å²) in [6.45, 7) is -0.177. The maximum Gasteiger partial charge on any atom is 0.264 e. The molecule has 0 atom stereocenters. The lowest BCUT2D eigenvalue weighted by Crippen LogP contribution is -2.37. The van der Waals surface area contributed by atoms with Gasteiger partial charge in [0.05, 0.1) is 5.69 Å². The summed E-state index contributed by atoms with van der Waals surface area (Å²) in [5.41, 5.74) is 0.201. The second-order valence-electron chi connectivity index (χ2n) is 4.08. The van der Waals surface area contributed by atoms with Gasteiger partial charge in [-0.25, -0.2) is 4.39 Å². The van der Waals surface area contributed by atoms with E-state index in [0.29, 0.717) is 5.75 Å². The summed E-state index contributed by atoms with van der Waals surface area (Å²) in [4.78, 5) is 11.6. The summed E-state index contributed by atoms with van der Waals surface area (Å²) in [6.07, 6.45) is 0. The number of halogens is 1. The van der Waals surface area contributed by atoms with E-state index in [1.807, 2.05) is 6.07 Å². The number of amides is 1. The Balaban J connectivity index is 1.80. The fourth-order valence-corrected chi connectivity index (χ4v) is 1.77. The van der Waals surface area contributed by atoms with Gasteiger partial charge in [-0.2, -0.15) is 0 Å². The molecule has 0 aliphatic rings. The van der Waals surface area contributed by atoms with Gasteiger partial charge in [0.25, 0.3) is 5.91 Å². The van der Waals surface area contributed by atoms with Gasteiger partial charge >= 0.3 is 0 Å². The van der Waals surface area contributed by atoms with Gasteiger partial charge < -0.3 is 10.1 Å². The number of hydrogen-bond acceptors (Lipinski definition) is 3. The zero-order valence-corrected chi connectivity index (χ0v) is 11.8. The molecule has 4 nitrogen and oxygen atoms in total. The molecule has 0 heterocycles. The lowest BCUT2D eigenvalue weighted by molar-refractivity contribution is -0.121. The highest BCUT2D eigenvalue weighted by molar-refractivity contribution is 7.80. The number of benzene rings is 2. The average Bonchev–Trinajstić information content (AvgIpc) is 2.48. The van der Waals surface area contributed by atoms with Crippen LogP contribution in [0.5, 0.6) is 5.75 Å². The number of hydrogen-bond donors (Lipinski definition) is 2. The Morgan fingerprint density at radius 2 is 1.76 bits per heavy atom. The van der Waals surface area contributed by atoms with Crippen LogP contribution in [0.25, 0.3) is 0 Å². The van der Waals surface area contributed by atoms with E-state index in [-0.39, 0.29) is 17.4 Å². The number of anilines is 1. The van der Waals surface area contributed by atoms with Crippen molar-refractivity contribution in [3.63, 3.8) is 0 Å². The first-order valence-electron chi connectivity index (χ1n) is 6.18. The zero-order valence-electron chi connectivity index (χ0n) is 11.0. The summed E-state index contributed by atoms with van der Waals surface area (Å²) in [5.74, 6) is -0.289. The Morgan fingerprint density at radius 1 is 1.10 bits per heavy atom. The molecule has 0 saturated heterocycles. The third-order valence-electron chi connectivity index (χ3n) is 2.49. The first-order chi connectivity index (χ1) is 10.1. The minimum Gasteiger partial charge on any atom is -0.484 e. The third kappa shape index (κ3) is 4.85. The van der Waals surface area contributed by atoms with Gasteiger partial charge in [0.2, 0.25) is 0 Å². The summed E-state index contributed by atoms with van der Waals surface area (Å²) in [5, 5.41) is 5.04. The Bertz CT molecular complexity index is 635. The van der Waals surface area contributed by atoms with E-state index in [1.165, 1.54) is 12.1 Å². The predicted octanol–water partition coefficient (Wildman–Crippen LogP) is 2.72. The van der Waals surface area contributed by atoms with E-state index in [1.54, 1.807) is 36.4 Å². The molecule has 6 heteroatoms. The Kier molecular flexibility index (Phi) is 5.22. The van der Waals surface area contributed by atoms with Gasteiger partial charge in [-0.3, -0.25) is 10.1 Å². The predicted molar refractivity (Wildman–Crippen MR) is 82.7 cm³/mol. The number of para-hydroxylation sites is 2. The van der Waals surface area contributed by atoms with Crippen molar-refractivity contribution in [2.24, 2.45) is 0 Å². The number of rotatable bonds is 4. The molecule has 2 aromatic rings. The van der Waals surface area contributed by atoms with Crippen molar-refractivity contribution in [2.75, 3.05) is 11.9 Å². The van der Waals surface area contributed by atoms with Crippen molar-refractivity contribution in [3.05, 3.63) is 60.4 Å². The molecule has 21 heavy (non-hydrogen) atoms. The first kappa shape index (κ1) is 14.9. The van der Waals surface area contributed by atoms with Crippen LogP contribution >= 0.6 is 12.2 Å². The fraction of sp³-hybridized carbons (Fsp3) is 0.0667. The van der Waals surface area contributed by atoms with Crippen LogP contribution in [0.2, 0.25) is 0 Å². The molecule has 2 aromatic carbocycles. The number of thiocarbonyl (C=S) groups is 1. The molecule has 108 valence electrons. The van der Waals surface area contributed by atoms with Crippen molar-refractivity contribution >= 4 is 28.9 Å². The molecule has 0 bridgehead atoms. The Labute approximate surface area is 126 Å². The maximum atomic E-state index is 13.4. The topological polar surface area (TPSA) is 50.4 Å². The number of nitrogens with one attached hydrogen (secondary N) is 2. The van der Waals surface area contributed by atoms with Crippen molar-refractivity contribution in [3.8, 4) is 5.75 Å². The van der Waals surface area contributed by atoms with Gasteiger partial charge in [0.1, 0.15) is 11.6 Å². The fourth-order valence-electron chi connectivity index (χ4n) is 1.54. The smallest absolute Gasteiger partial charge is 0.264 e. The van der Waals surface area contributed by atoms with Crippen LogP contribution in [0.15, 0.2) is 54.6 Å². The zero-order chi connectivity index (χ0) is 15.1. The summed E-state index contributed by atoms with van der Waals surface area (Å²) < 4.78 is 18.7. The van der Waals surface area contributed by atoms with E-state index in [2.05, 4.69) is 10.6 Å². The van der Waals surface area contributed by atoms with Gasteiger partial charge in [-0.05, 0) is 36.5 Å². The van der Waals surface area contributed by atoms with Crippen LogP contribution in [0.1, 0.15) is 0 Å². The molecule has 1 amide bonds. The van der Waals surface area contributed by atoms with Crippen molar-refractivity contribution in [1.82, 2.24) is 5.32 Å². The number of carbonyl (C=O) groups excluding carboxylic acids is 1. The lowest BCUT2D eigenvalue weighted by Gasteiger charge is -2.10. The molecule has 0 aliphatic heterocycles. The molecule has 0 radical (unpaired) electrons. The third-order valence-corrected chi connectivity index (χ3v) is 2.69. The molecule has 0 saturated carbocycles. The van der Waals surface area contributed by atoms with Gasteiger partial charge in [0.15, 0.2) is 11.7 Å². The van der Waals surface area contributed by atoms with E-state index in [9.17, 15) is 9.18 Å². The Hall–Kier alpha value is -2.47. The quantitative estimate of drug-likeness (QED) is 0.853. The average molecular weight is 304 g/mol. The van der Waals surface area contributed by atoms with E-state index in [0.717, 1.165) is 0 Å². The first-order valence-corrected chi connectivity index (χ1v) is 6.59. The molecule has 0 fully saturated rings. The number of carbonyl (C=O) groups is 1. The summed E-state index contributed by atoms with van der Waals surface area (Å²) >= 11 is 4.94.